The number of carbonyl (C=O) groups is 1. The lowest BCUT2D eigenvalue weighted by Crippen LogP contribution is -2.38. The maximum atomic E-state index is 13.6. The van der Waals surface area contributed by atoms with Gasteiger partial charge in [-0.15, -0.1) is 12.4 Å². The highest BCUT2D eigenvalue weighted by Crippen LogP contribution is 2.37. The standard InChI is InChI=1S/C19H23FN4O.ClH/c1-23-12-14(9-22-23)16-10-21-11-17(16)19(25)24-7-3-6-18(24)13-4-2-5-15(20)8-13;/h2,4-5,8-9,12,16-18,21H,3,6-7,10-11H2,1H3;1H/t16-,17+,18?;/m1./s1. The third-order valence-electron chi connectivity index (χ3n) is 5.45. The van der Waals surface area contributed by atoms with E-state index >= 15 is 0 Å². The zero-order valence-corrected chi connectivity index (χ0v) is 15.6. The maximum absolute atomic E-state index is 13.6. The van der Waals surface area contributed by atoms with E-state index in [0.717, 1.165) is 37.1 Å². The first-order valence-corrected chi connectivity index (χ1v) is 8.88. The van der Waals surface area contributed by atoms with Crippen molar-refractivity contribution in [1.82, 2.24) is 20.0 Å². The Hall–Kier alpha value is -1.92. The minimum atomic E-state index is -0.243. The molecule has 0 spiro atoms. The highest BCUT2D eigenvalue weighted by Gasteiger charge is 2.40. The van der Waals surface area contributed by atoms with Crippen molar-refractivity contribution in [1.29, 1.82) is 0 Å². The molecule has 2 saturated heterocycles. The lowest BCUT2D eigenvalue weighted by Gasteiger charge is -2.29. The monoisotopic (exact) mass is 378 g/mol. The summed E-state index contributed by atoms with van der Waals surface area (Å²) in [6.45, 7) is 2.22. The van der Waals surface area contributed by atoms with E-state index in [2.05, 4.69) is 10.4 Å². The van der Waals surface area contributed by atoms with Crippen molar-refractivity contribution in [2.24, 2.45) is 13.0 Å². The molecule has 2 aliphatic heterocycles. The van der Waals surface area contributed by atoms with Gasteiger partial charge in [0.2, 0.25) is 5.91 Å². The molecule has 0 aliphatic carbocycles. The van der Waals surface area contributed by atoms with Crippen LogP contribution in [0.15, 0.2) is 36.7 Å². The molecule has 0 saturated carbocycles. The lowest BCUT2D eigenvalue weighted by molar-refractivity contribution is -0.136. The zero-order chi connectivity index (χ0) is 17.4. The molecule has 2 fully saturated rings. The third kappa shape index (κ3) is 3.48. The summed E-state index contributed by atoms with van der Waals surface area (Å²) in [4.78, 5) is 15.2. The van der Waals surface area contributed by atoms with Gasteiger partial charge in [0.1, 0.15) is 5.82 Å². The Balaban J connectivity index is 0.00000196. The van der Waals surface area contributed by atoms with E-state index in [-0.39, 0.29) is 42.0 Å². The Kier molecular flexibility index (Phi) is 5.63. The first kappa shape index (κ1) is 18.9. The summed E-state index contributed by atoms with van der Waals surface area (Å²) in [5.41, 5.74) is 2.00. The van der Waals surface area contributed by atoms with Crippen LogP contribution in [0.1, 0.15) is 35.9 Å². The highest BCUT2D eigenvalue weighted by atomic mass is 35.5. The van der Waals surface area contributed by atoms with Crippen LogP contribution >= 0.6 is 12.4 Å². The maximum Gasteiger partial charge on any atom is 0.228 e. The first-order valence-electron chi connectivity index (χ1n) is 8.88. The summed E-state index contributed by atoms with van der Waals surface area (Å²) < 4.78 is 15.4. The minimum absolute atomic E-state index is 0. The van der Waals surface area contributed by atoms with Gasteiger partial charge in [-0.3, -0.25) is 9.48 Å². The van der Waals surface area contributed by atoms with E-state index in [1.807, 2.05) is 30.4 Å². The highest BCUT2D eigenvalue weighted by molar-refractivity contribution is 5.85. The second-order valence-electron chi connectivity index (χ2n) is 7.06. The Morgan fingerprint density at radius 2 is 2.15 bits per heavy atom. The number of halogens is 2. The van der Waals surface area contributed by atoms with Gasteiger partial charge in [0.05, 0.1) is 18.2 Å². The Bertz CT molecular complexity index is 780. The van der Waals surface area contributed by atoms with Gasteiger partial charge in [0.15, 0.2) is 0 Å². The van der Waals surface area contributed by atoms with Crippen LogP contribution in [-0.4, -0.2) is 40.2 Å². The van der Waals surface area contributed by atoms with Gasteiger partial charge < -0.3 is 10.2 Å². The summed E-state index contributed by atoms with van der Waals surface area (Å²) in [6.07, 6.45) is 5.70. The van der Waals surface area contributed by atoms with Crippen LogP contribution in [0.3, 0.4) is 0 Å². The van der Waals surface area contributed by atoms with E-state index in [9.17, 15) is 9.18 Å². The summed E-state index contributed by atoms with van der Waals surface area (Å²) in [5, 5.41) is 7.60. The van der Waals surface area contributed by atoms with Crippen LogP contribution in [0.4, 0.5) is 4.39 Å². The molecule has 1 aromatic heterocycles. The molecular formula is C19H24ClFN4O. The molecule has 2 aromatic rings. The van der Waals surface area contributed by atoms with E-state index in [1.54, 1.807) is 16.8 Å². The van der Waals surface area contributed by atoms with Gasteiger partial charge in [-0.1, -0.05) is 12.1 Å². The fraction of sp³-hybridized carbons (Fsp3) is 0.474. The van der Waals surface area contributed by atoms with E-state index < -0.39 is 0 Å². The predicted octanol–water partition coefficient (Wildman–Crippen LogP) is 2.65. The van der Waals surface area contributed by atoms with Crippen molar-refractivity contribution in [3.63, 3.8) is 0 Å². The number of rotatable bonds is 3. The number of nitrogens with zero attached hydrogens (tertiary/aromatic N) is 3. The third-order valence-corrected chi connectivity index (χ3v) is 5.45. The van der Waals surface area contributed by atoms with E-state index in [0.29, 0.717) is 6.54 Å². The molecule has 4 rings (SSSR count). The lowest BCUT2D eigenvalue weighted by atomic mass is 9.89. The molecule has 5 nitrogen and oxygen atoms in total. The summed E-state index contributed by atoms with van der Waals surface area (Å²) in [6, 6.07) is 6.64. The fourth-order valence-electron chi connectivity index (χ4n) is 4.22. The molecule has 140 valence electrons. The Labute approximate surface area is 159 Å². The number of nitrogens with one attached hydrogen (secondary N) is 1. The van der Waals surface area contributed by atoms with Crippen LogP contribution < -0.4 is 5.32 Å². The predicted molar refractivity (Wildman–Crippen MR) is 99.6 cm³/mol. The van der Waals surface area contributed by atoms with Crippen molar-refractivity contribution in [3.8, 4) is 0 Å². The van der Waals surface area contributed by atoms with Crippen LogP contribution in [0, 0.1) is 11.7 Å². The Morgan fingerprint density at radius 1 is 1.31 bits per heavy atom. The van der Waals surface area contributed by atoms with Gasteiger partial charge in [0, 0.05) is 38.8 Å². The molecule has 7 heteroatoms. The normalized spacial score (nSPS) is 25.3. The fourth-order valence-corrected chi connectivity index (χ4v) is 4.22. The van der Waals surface area contributed by atoms with Crippen LogP contribution in [0.2, 0.25) is 0 Å². The average Bonchev–Trinajstić information content (AvgIpc) is 3.34. The number of aromatic nitrogens is 2. The molecule has 3 heterocycles. The van der Waals surface area contributed by atoms with Crippen molar-refractivity contribution >= 4 is 18.3 Å². The minimum Gasteiger partial charge on any atom is -0.335 e. The van der Waals surface area contributed by atoms with Gasteiger partial charge in [0.25, 0.3) is 0 Å². The quantitative estimate of drug-likeness (QED) is 0.893. The van der Waals surface area contributed by atoms with Gasteiger partial charge in [-0.2, -0.15) is 5.10 Å². The van der Waals surface area contributed by atoms with Crippen LogP contribution in [-0.2, 0) is 11.8 Å². The molecule has 0 radical (unpaired) electrons. The van der Waals surface area contributed by atoms with E-state index in [4.69, 9.17) is 0 Å². The largest absolute Gasteiger partial charge is 0.335 e. The number of amides is 1. The number of benzene rings is 1. The van der Waals surface area contributed by atoms with Crippen LogP contribution in [0.25, 0.3) is 0 Å². The molecule has 2 aliphatic rings. The average molecular weight is 379 g/mol. The van der Waals surface area contributed by atoms with Gasteiger partial charge >= 0.3 is 0 Å². The first-order chi connectivity index (χ1) is 12.1. The summed E-state index contributed by atoms with van der Waals surface area (Å²) in [5.74, 6) is -0.00787. The van der Waals surface area contributed by atoms with Crippen molar-refractivity contribution in [2.75, 3.05) is 19.6 Å². The molecule has 26 heavy (non-hydrogen) atoms. The Morgan fingerprint density at radius 3 is 2.88 bits per heavy atom. The topological polar surface area (TPSA) is 50.2 Å². The molecule has 1 aromatic carbocycles. The number of aryl methyl sites for hydroxylation is 1. The number of hydrogen-bond acceptors (Lipinski definition) is 3. The van der Waals surface area contributed by atoms with Gasteiger partial charge in [-0.25, -0.2) is 4.39 Å². The van der Waals surface area contributed by atoms with Crippen molar-refractivity contribution in [3.05, 3.63) is 53.6 Å². The zero-order valence-electron chi connectivity index (χ0n) is 14.8. The van der Waals surface area contributed by atoms with Crippen LogP contribution in [0.5, 0.6) is 0 Å². The van der Waals surface area contributed by atoms with Crippen molar-refractivity contribution < 1.29 is 9.18 Å². The molecule has 1 unspecified atom stereocenters. The number of hydrogen-bond donors (Lipinski definition) is 1. The van der Waals surface area contributed by atoms with E-state index in [1.165, 1.54) is 6.07 Å². The molecule has 1 amide bonds. The molecular weight excluding hydrogens is 355 g/mol. The molecule has 3 atom stereocenters. The summed E-state index contributed by atoms with van der Waals surface area (Å²) in [7, 11) is 1.89. The number of carbonyl (C=O) groups excluding carboxylic acids is 1. The second kappa shape index (κ2) is 7.76. The molecule has 1 N–H and O–H groups in total. The van der Waals surface area contributed by atoms with Crippen molar-refractivity contribution in [2.45, 2.75) is 24.8 Å². The molecule has 0 bridgehead atoms. The summed E-state index contributed by atoms with van der Waals surface area (Å²) >= 11 is 0. The smallest absolute Gasteiger partial charge is 0.228 e. The SMILES string of the molecule is Cl.Cn1cc([C@H]2CNC[C@@H]2C(=O)N2CCCC2c2cccc(F)c2)cn1. The second-order valence-corrected chi connectivity index (χ2v) is 7.06. The number of likely N-dealkylation sites (tertiary alicyclic amines) is 1. The van der Waals surface area contributed by atoms with Gasteiger partial charge in [-0.05, 0) is 36.1 Å².